The SMILES string of the molecule is CCCOC(=O)c1ccc(Oc2coc3cc(OCC=C(C)C)ccc3c2=O)cc1. The van der Waals surface area contributed by atoms with Crippen LogP contribution in [0, 0.1) is 0 Å². The Labute approximate surface area is 174 Å². The highest BCUT2D eigenvalue weighted by Crippen LogP contribution is 2.24. The molecule has 0 spiro atoms. The van der Waals surface area contributed by atoms with Gasteiger partial charge in [-0.2, -0.15) is 0 Å². The van der Waals surface area contributed by atoms with E-state index in [0.29, 0.717) is 41.2 Å². The van der Waals surface area contributed by atoms with Crippen molar-refractivity contribution < 1.29 is 23.4 Å². The molecule has 6 heteroatoms. The highest BCUT2D eigenvalue weighted by molar-refractivity contribution is 5.89. The third kappa shape index (κ3) is 5.29. The van der Waals surface area contributed by atoms with Crippen LogP contribution in [0.1, 0.15) is 37.6 Å². The number of hydrogen-bond acceptors (Lipinski definition) is 6. The van der Waals surface area contributed by atoms with E-state index in [9.17, 15) is 9.59 Å². The zero-order valence-electron chi connectivity index (χ0n) is 17.3. The van der Waals surface area contributed by atoms with Crippen LogP contribution in [-0.4, -0.2) is 19.2 Å². The zero-order chi connectivity index (χ0) is 21.5. The van der Waals surface area contributed by atoms with Crippen LogP contribution in [0.25, 0.3) is 11.0 Å². The topological polar surface area (TPSA) is 75.0 Å². The fraction of sp³-hybridized carbons (Fsp3) is 0.250. The first-order chi connectivity index (χ1) is 14.5. The molecule has 3 aromatic rings. The maximum Gasteiger partial charge on any atom is 0.338 e. The van der Waals surface area contributed by atoms with Gasteiger partial charge < -0.3 is 18.6 Å². The second-order valence-electron chi connectivity index (χ2n) is 6.94. The summed E-state index contributed by atoms with van der Waals surface area (Å²) < 4.78 is 22.0. The molecule has 0 saturated carbocycles. The first-order valence-corrected chi connectivity index (χ1v) is 9.74. The molecule has 0 aliphatic heterocycles. The maximum absolute atomic E-state index is 12.7. The van der Waals surface area contributed by atoms with Crippen molar-refractivity contribution in [2.45, 2.75) is 27.2 Å². The molecule has 0 amide bonds. The Balaban J connectivity index is 1.75. The first-order valence-electron chi connectivity index (χ1n) is 9.74. The van der Waals surface area contributed by atoms with E-state index in [0.717, 1.165) is 12.0 Å². The van der Waals surface area contributed by atoms with E-state index < -0.39 is 5.97 Å². The number of carbonyl (C=O) groups is 1. The Morgan fingerprint density at radius 3 is 2.50 bits per heavy atom. The smallest absolute Gasteiger partial charge is 0.338 e. The predicted octanol–water partition coefficient (Wildman–Crippen LogP) is 5.50. The van der Waals surface area contributed by atoms with E-state index in [1.807, 2.05) is 26.8 Å². The molecule has 1 aromatic heterocycles. The van der Waals surface area contributed by atoms with Gasteiger partial charge in [-0.1, -0.05) is 12.5 Å². The predicted molar refractivity (Wildman–Crippen MR) is 114 cm³/mol. The van der Waals surface area contributed by atoms with E-state index >= 15 is 0 Å². The third-order valence-electron chi connectivity index (χ3n) is 4.21. The van der Waals surface area contributed by atoms with Crippen LogP contribution in [0.5, 0.6) is 17.2 Å². The molecule has 0 unspecified atom stereocenters. The van der Waals surface area contributed by atoms with Crippen LogP contribution in [-0.2, 0) is 4.74 Å². The Hall–Kier alpha value is -3.54. The molecular weight excluding hydrogens is 384 g/mol. The number of hydrogen-bond donors (Lipinski definition) is 0. The minimum Gasteiger partial charge on any atom is -0.489 e. The van der Waals surface area contributed by atoms with Gasteiger partial charge in [0.15, 0.2) is 0 Å². The minimum atomic E-state index is -0.392. The molecule has 0 fully saturated rings. The van der Waals surface area contributed by atoms with Crippen LogP contribution in [0.15, 0.2) is 69.6 Å². The summed E-state index contributed by atoms with van der Waals surface area (Å²) in [6, 6.07) is 11.4. The Kier molecular flexibility index (Phi) is 6.91. The summed E-state index contributed by atoms with van der Waals surface area (Å²) >= 11 is 0. The van der Waals surface area contributed by atoms with Gasteiger partial charge in [-0.3, -0.25) is 4.79 Å². The summed E-state index contributed by atoms with van der Waals surface area (Å²) in [4.78, 5) is 24.6. The molecule has 2 aromatic carbocycles. The summed E-state index contributed by atoms with van der Waals surface area (Å²) in [5.74, 6) is 0.691. The Bertz CT molecular complexity index is 1100. The summed E-state index contributed by atoms with van der Waals surface area (Å²) in [6.07, 6.45) is 3.99. The van der Waals surface area contributed by atoms with Crippen molar-refractivity contribution in [3.8, 4) is 17.2 Å². The Morgan fingerprint density at radius 1 is 1.07 bits per heavy atom. The van der Waals surface area contributed by atoms with Gasteiger partial charge >= 0.3 is 5.97 Å². The maximum atomic E-state index is 12.7. The second-order valence-corrected chi connectivity index (χ2v) is 6.94. The van der Waals surface area contributed by atoms with Crippen molar-refractivity contribution >= 4 is 16.9 Å². The molecule has 0 aliphatic rings. The van der Waals surface area contributed by atoms with Crippen molar-refractivity contribution in [2.75, 3.05) is 13.2 Å². The third-order valence-corrected chi connectivity index (χ3v) is 4.21. The normalized spacial score (nSPS) is 10.5. The van der Waals surface area contributed by atoms with Crippen molar-refractivity contribution in [2.24, 2.45) is 0 Å². The summed E-state index contributed by atoms with van der Waals surface area (Å²) in [6.45, 7) is 6.74. The fourth-order valence-corrected chi connectivity index (χ4v) is 2.62. The number of rotatable bonds is 8. The van der Waals surface area contributed by atoms with Crippen molar-refractivity contribution in [1.29, 1.82) is 0 Å². The number of allylic oxidation sites excluding steroid dienone is 1. The average Bonchev–Trinajstić information content (AvgIpc) is 2.74. The second kappa shape index (κ2) is 9.78. The van der Waals surface area contributed by atoms with Gasteiger partial charge in [0.25, 0.3) is 0 Å². The van der Waals surface area contributed by atoms with Crippen LogP contribution in [0.2, 0.25) is 0 Å². The lowest BCUT2D eigenvalue weighted by molar-refractivity contribution is 0.0505. The molecular formula is C24H24O6. The summed E-state index contributed by atoms with van der Waals surface area (Å²) in [5, 5.41) is 0.391. The lowest BCUT2D eigenvalue weighted by Gasteiger charge is -2.08. The molecule has 0 atom stereocenters. The van der Waals surface area contributed by atoms with Gasteiger partial charge in [0, 0.05) is 6.07 Å². The molecule has 0 aliphatic carbocycles. The van der Waals surface area contributed by atoms with Gasteiger partial charge in [0.1, 0.15) is 30.0 Å². The van der Waals surface area contributed by atoms with E-state index in [2.05, 4.69) is 0 Å². The van der Waals surface area contributed by atoms with E-state index in [-0.39, 0.29) is 11.2 Å². The molecule has 0 saturated heterocycles. The van der Waals surface area contributed by atoms with Gasteiger partial charge in [-0.15, -0.1) is 0 Å². The van der Waals surface area contributed by atoms with E-state index in [1.54, 1.807) is 42.5 Å². The highest BCUT2D eigenvalue weighted by atomic mass is 16.5. The van der Waals surface area contributed by atoms with Gasteiger partial charge in [-0.05, 0) is 62.7 Å². The van der Waals surface area contributed by atoms with Crippen LogP contribution >= 0.6 is 0 Å². The lowest BCUT2D eigenvalue weighted by Crippen LogP contribution is -2.06. The molecule has 0 N–H and O–H groups in total. The van der Waals surface area contributed by atoms with Crippen molar-refractivity contribution in [1.82, 2.24) is 0 Å². The number of fused-ring (bicyclic) bond motifs is 1. The molecule has 6 nitrogen and oxygen atoms in total. The standard InChI is InChI=1S/C24H24O6/c1-4-12-28-24(26)17-5-7-18(8-6-17)30-22-15-29-21-14-19(27-13-11-16(2)3)9-10-20(21)23(22)25/h5-11,14-15H,4,12-13H2,1-3H3. The van der Waals surface area contributed by atoms with Crippen LogP contribution in [0.3, 0.4) is 0 Å². The van der Waals surface area contributed by atoms with Gasteiger partial charge in [0.05, 0.1) is 17.6 Å². The average molecular weight is 408 g/mol. The molecule has 0 bridgehead atoms. The van der Waals surface area contributed by atoms with Crippen LogP contribution in [0.4, 0.5) is 0 Å². The first kappa shape index (κ1) is 21.2. The summed E-state index contributed by atoms with van der Waals surface area (Å²) in [5.41, 5.74) is 1.70. The quantitative estimate of drug-likeness (QED) is 0.362. The zero-order valence-corrected chi connectivity index (χ0v) is 17.3. The Morgan fingerprint density at radius 2 is 1.80 bits per heavy atom. The minimum absolute atomic E-state index is 0.0574. The van der Waals surface area contributed by atoms with Crippen molar-refractivity contribution in [3.63, 3.8) is 0 Å². The fourth-order valence-electron chi connectivity index (χ4n) is 2.62. The molecule has 1 heterocycles. The van der Waals surface area contributed by atoms with Crippen molar-refractivity contribution in [3.05, 3.63) is 76.2 Å². The van der Waals surface area contributed by atoms with E-state index in [4.69, 9.17) is 18.6 Å². The molecule has 30 heavy (non-hydrogen) atoms. The molecule has 3 rings (SSSR count). The van der Waals surface area contributed by atoms with E-state index in [1.165, 1.54) is 6.26 Å². The molecule has 156 valence electrons. The lowest BCUT2D eigenvalue weighted by atomic mass is 10.2. The number of ether oxygens (including phenoxy) is 3. The largest absolute Gasteiger partial charge is 0.489 e. The molecule has 0 radical (unpaired) electrons. The summed E-state index contributed by atoms with van der Waals surface area (Å²) in [7, 11) is 0. The van der Waals surface area contributed by atoms with Gasteiger partial charge in [-0.25, -0.2) is 4.79 Å². The number of carbonyl (C=O) groups excluding carboxylic acids is 1. The monoisotopic (exact) mass is 408 g/mol. The highest BCUT2D eigenvalue weighted by Gasteiger charge is 2.11. The number of esters is 1. The van der Waals surface area contributed by atoms with Crippen LogP contribution < -0.4 is 14.9 Å². The van der Waals surface area contributed by atoms with Gasteiger partial charge in [0.2, 0.25) is 11.2 Å². The number of benzene rings is 2.